The van der Waals surface area contributed by atoms with Crippen LogP contribution in [0.4, 0.5) is 0 Å². The molecule has 1 saturated carbocycles. The largest absolute Gasteiger partial charge is 0.468 e. The minimum Gasteiger partial charge on any atom is -0.468 e. The quantitative estimate of drug-likeness (QED) is 0.852. The van der Waals surface area contributed by atoms with Crippen molar-refractivity contribution in [2.24, 2.45) is 5.41 Å². The van der Waals surface area contributed by atoms with Gasteiger partial charge in [0.05, 0.1) is 12.8 Å². The van der Waals surface area contributed by atoms with Crippen LogP contribution in [0, 0.1) is 5.41 Å². The Hall–Kier alpha value is -0.800. The first-order valence-electron chi connectivity index (χ1n) is 8.36. The van der Waals surface area contributed by atoms with Gasteiger partial charge in [-0.25, -0.2) is 0 Å². The molecule has 3 heteroatoms. The molecule has 1 aromatic rings. The van der Waals surface area contributed by atoms with Crippen LogP contribution in [0.15, 0.2) is 16.7 Å². The van der Waals surface area contributed by atoms with E-state index >= 15 is 0 Å². The lowest BCUT2D eigenvalue weighted by Crippen LogP contribution is -2.36. The lowest BCUT2D eigenvalue weighted by Gasteiger charge is -2.38. The van der Waals surface area contributed by atoms with Crippen molar-refractivity contribution in [1.82, 2.24) is 10.2 Å². The van der Waals surface area contributed by atoms with Crippen molar-refractivity contribution in [2.45, 2.75) is 78.6 Å². The summed E-state index contributed by atoms with van der Waals surface area (Å²) >= 11 is 0. The molecule has 1 aliphatic carbocycles. The van der Waals surface area contributed by atoms with E-state index in [-0.39, 0.29) is 0 Å². The maximum absolute atomic E-state index is 5.72. The van der Waals surface area contributed by atoms with E-state index in [2.05, 4.69) is 51.0 Å². The highest BCUT2D eigenvalue weighted by molar-refractivity contribution is 5.12. The van der Waals surface area contributed by atoms with E-state index in [1.54, 1.807) is 0 Å². The van der Waals surface area contributed by atoms with Crippen molar-refractivity contribution in [1.29, 1.82) is 0 Å². The van der Waals surface area contributed by atoms with E-state index in [9.17, 15) is 0 Å². The third-order valence-corrected chi connectivity index (χ3v) is 4.76. The second-order valence-electron chi connectivity index (χ2n) is 7.77. The van der Waals surface area contributed by atoms with Crippen LogP contribution in [-0.4, -0.2) is 24.0 Å². The van der Waals surface area contributed by atoms with Crippen molar-refractivity contribution in [3.8, 4) is 0 Å². The Morgan fingerprint density at radius 3 is 2.62 bits per heavy atom. The van der Waals surface area contributed by atoms with E-state index in [1.165, 1.54) is 31.2 Å². The van der Waals surface area contributed by atoms with Gasteiger partial charge in [0.1, 0.15) is 5.76 Å². The Morgan fingerprint density at radius 2 is 2.00 bits per heavy atom. The molecule has 0 bridgehead atoms. The Labute approximate surface area is 130 Å². The SMILES string of the molecule is CC(C)NCc1coc(CN(C)C2CCC(C)(C)CC2)c1. The minimum absolute atomic E-state index is 0.511. The predicted molar refractivity (Wildman–Crippen MR) is 88.2 cm³/mol. The molecule has 0 unspecified atom stereocenters. The summed E-state index contributed by atoms with van der Waals surface area (Å²) in [4.78, 5) is 2.47. The molecule has 21 heavy (non-hydrogen) atoms. The van der Waals surface area contributed by atoms with Gasteiger partial charge in [-0.15, -0.1) is 0 Å². The second kappa shape index (κ2) is 6.97. The summed E-state index contributed by atoms with van der Waals surface area (Å²) in [5.74, 6) is 1.09. The van der Waals surface area contributed by atoms with Crippen LogP contribution in [0.5, 0.6) is 0 Å². The third kappa shape index (κ3) is 5.15. The first kappa shape index (κ1) is 16.6. The van der Waals surface area contributed by atoms with Crippen LogP contribution in [0.25, 0.3) is 0 Å². The lowest BCUT2D eigenvalue weighted by molar-refractivity contribution is 0.117. The molecule has 0 amide bonds. The van der Waals surface area contributed by atoms with Gasteiger partial charge < -0.3 is 9.73 Å². The van der Waals surface area contributed by atoms with E-state index in [0.717, 1.165) is 18.8 Å². The number of nitrogens with zero attached hydrogens (tertiary/aromatic N) is 1. The summed E-state index contributed by atoms with van der Waals surface area (Å²) in [5, 5.41) is 3.43. The summed E-state index contributed by atoms with van der Waals surface area (Å²) in [5.41, 5.74) is 1.79. The van der Waals surface area contributed by atoms with Crippen LogP contribution in [-0.2, 0) is 13.1 Å². The van der Waals surface area contributed by atoms with Gasteiger partial charge in [0.15, 0.2) is 0 Å². The van der Waals surface area contributed by atoms with Crippen LogP contribution in [0.1, 0.15) is 64.7 Å². The van der Waals surface area contributed by atoms with Crippen LogP contribution < -0.4 is 5.32 Å². The normalized spacial score (nSPS) is 19.6. The maximum Gasteiger partial charge on any atom is 0.118 e. The van der Waals surface area contributed by atoms with Gasteiger partial charge in [0.25, 0.3) is 0 Å². The van der Waals surface area contributed by atoms with Crippen molar-refractivity contribution < 1.29 is 4.42 Å². The average Bonchev–Trinajstić information content (AvgIpc) is 2.83. The van der Waals surface area contributed by atoms with Crippen LogP contribution in [0.2, 0.25) is 0 Å². The van der Waals surface area contributed by atoms with E-state index in [1.807, 2.05) is 6.26 Å². The summed E-state index contributed by atoms with van der Waals surface area (Å²) in [6.07, 6.45) is 7.19. The molecule has 1 aliphatic rings. The molecular formula is C18H32N2O. The molecule has 1 heterocycles. The molecule has 1 N–H and O–H groups in total. The van der Waals surface area contributed by atoms with Crippen molar-refractivity contribution in [3.63, 3.8) is 0 Å². The number of rotatable bonds is 6. The number of hydrogen-bond donors (Lipinski definition) is 1. The minimum atomic E-state index is 0.511. The molecule has 0 atom stereocenters. The molecule has 0 radical (unpaired) electrons. The van der Waals surface area contributed by atoms with Crippen molar-refractivity contribution in [2.75, 3.05) is 7.05 Å². The summed E-state index contributed by atoms with van der Waals surface area (Å²) in [6, 6.07) is 3.41. The fourth-order valence-corrected chi connectivity index (χ4v) is 3.12. The molecule has 1 aromatic heterocycles. The highest BCUT2D eigenvalue weighted by Gasteiger charge is 2.28. The molecule has 1 fully saturated rings. The summed E-state index contributed by atoms with van der Waals surface area (Å²) in [6.45, 7) is 10.9. The molecule has 0 saturated heterocycles. The van der Waals surface area contributed by atoms with E-state index in [0.29, 0.717) is 17.5 Å². The Morgan fingerprint density at radius 1 is 1.33 bits per heavy atom. The van der Waals surface area contributed by atoms with Gasteiger partial charge in [-0.3, -0.25) is 4.90 Å². The first-order valence-corrected chi connectivity index (χ1v) is 8.36. The zero-order chi connectivity index (χ0) is 15.5. The van der Waals surface area contributed by atoms with Gasteiger partial charge in [0.2, 0.25) is 0 Å². The monoisotopic (exact) mass is 292 g/mol. The number of nitrogens with one attached hydrogen (secondary N) is 1. The standard InChI is InChI=1S/C18H32N2O/c1-14(2)19-11-15-10-17(21-13-15)12-20(5)16-6-8-18(3,4)9-7-16/h10,13-14,16,19H,6-9,11-12H2,1-5H3. The highest BCUT2D eigenvalue weighted by atomic mass is 16.3. The van der Waals surface area contributed by atoms with Gasteiger partial charge in [-0.2, -0.15) is 0 Å². The Balaban J connectivity index is 1.81. The smallest absolute Gasteiger partial charge is 0.118 e. The lowest BCUT2D eigenvalue weighted by atomic mass is 9.75. The first-order chi connectivity index (χ1) is 9.85. The molecule has 2 rings (SSSR count). The van der Waals surface area contributed by atoms with Crippen LogP contribution >= 0.6 is 0 Å². The third-order valence-electron chi connectivity index (χ3n) is 4.76. The molecule has 0 aromatic carbocycles. The Kier molecular flexibility index (Phi) is 5.50. The van der Waals surface area contributed by atoms with Crippen molar-refractivity contribution in [3.05, 3.63) is 23.7 Å². The molecule has 0 spiro atoms. The summed E-state index contributed by atoms with van der Waals surface area (Å²) in [7, 11) is 2.23. The second-order valence-corrected chi connectivity index (χ2v) is 7.77. The van der Waals surface area contributed by atoms with Gasteiger partial charge in [-0.05, 0) is 44.2 Å². The zero-order valence-corrected chi connectivity index (χ0v) is 14.4. The van der Waals surface area contributed by atoms with Crippen LogP contribution in [0.3, 0.4) is 0 Å². The molecule has 0 aliphatic heterocycles. The van der Waals surface area contributed by atoms with Crippen molar-refractivity contribution >= 4 is 0 Å². The number of hydrogen-bond acceptors (Lipinski definition) is 3. The molecule has 3 nitrogen and oxygen atoms in total. The Bertz CT molecular complexity index is 426. The van der Waals surface area contributed by atoms with E-state index < -0.39 is 0 Å². The average molecular weight is 292 g/mol. The van der Waals surface area contributed by atoms with Gasteiger partial charge in [0, 0.05) is 24.2 Å². The summed E-state index contributed by atoms with van der Waals surface area (Å²) < 4.78 is 5.72. The van der Waals surface area contributed by atoms with E-state index in [4.69, 9.17) is 4.42 Å². The zero-order valence-electron chi connectivity index (χ0n) is 14.4. The van der Waals surface area contributed by atoms with Gasteiger partial charge in [-0.1, -0.05) is 27.7 Å². The fourth-order valence-electron chi connectivity index (χ4n) is 3.12. The van der Waals surface area contributed by atoms with Gasteiger partial charge >= 0.3 is 0 Å². The number of furan rings is 1. The maximum atomic E-state index is 5.72. The molecular weight excluding hydrogens is 260 g/mol. The molecule has 120 valence electrons. The topological polar surface area (TPSA) is 28.4 Å². The predicted octanol–water partition coefficient (Wildman–Crippen LogP) is 4.18. The fraction of sp³-hybridized carbons (Fsp3) is 0.778. The highest BCUT2D eigenvalue weighted by Crippen LogP contribution is 2.36.